The van der Waals surface area contributed by atoms with Gasteiger partial charge in [-0.05, 0) is 178 Å². The molecule has 0 bridgehead atoms. The molecule has 494 valence electrons. The van der Waals surface area contributed by atoms with Crippen LogP contribution in [0.1, 0.15) is 79.0 Å². The highest BCUT2D eigenvalue weighted by molar-refractivity contribution is 7.00. The average Bonchev–Trinajstić information content (AvgIpc) is 1.23. The Morgan fingerprint density at radius 3 is 0.903 bits per heavy atom. The summed E-state index contributed by atoms with van der Waals surface area (Å²) < 4.78 is 5.12. The Balaban J connectivity index is 0.977. The van der Waals surface area contributed by atoms with E-state index in [1.165, 1.54) is 98.2 Å². The van der Waals surface area contributed by atoms with Crippen molar-refractivity contribution in [1.29, 1.82) is 0 Å². The Hall–Kier alpha value is -11.9. The topological polar surface area (TPSA) is 16.3 Å². The number of aromatic nitrogens is 2. The molecular weight excluding hydrogens is 1240 g/mol. The van der Waals surface area contributed by atoms with E-state index in [1.807, 2.05) is 0 Å². The average molecular weight is 1320 g/mol. The van der Waals surface area contributed by atoms with E-state index in [4.69, 9.17) is 0 Å². The fourth-order valence-corrected chi connectivity index (χ4v) is 17.0. The van der Waals surface area contributed by atoms with Crippen molar-refractivity contribution in [3.8, 4) is 55.9 Å². The van der Waals surface area contributed by atoms with Crippen LogP contribution in [0.3, 0.4) is 0 Å². The van der Waals surface area contributed by atoms with Gasteiger partial charge in [0, 0.05) is 77.9 Å². The molecule has 15 aromatic carbocycles. The number of hydrogen-bond donors (Lipinski definition) is 0. The van der Waals surface area contributed by atoms with E-state index in [0.29, 0.717) is 0 Å². The van der Waals surface area contributed by atoms with Crippen LogP contribution in [0.2, 0.25) is 0 Å². The van der Waals surface area contributed by atoms with Crippen LogP contribution in [0.5, 0.6) is 0 Å². The van der Waals surface area contributed by atoms with Gasteiger partial charge in [-0.15, -0.1) is 0 Å². The molecule has 103 heavy (non-hydrogen) atoms. The lowest BCUT2D eigenvalue weighted by atomic mass is 9.33. The fraction of sp³-hybridized carbons (Fsp3) is 0.122. The van der Waals surface area contributed by atoms with Crippen LogP contribution in [-0.4, -0.2) is 15.8 Å². The molecule has 0 amide bonds. The van der Waals surface area contributed by atoms with Crippen molar-refractivity contribution in [3.63, 3.8) is 0 Å². The fourth-order valence-electron chi connectivity index (χ4n) is 17.0. The van der Waals surface area contributed by atoms with Crippen LogP contribution in [0.4, 0.5) is 34.1 Å². The molecule has 2 aliphatic heterocycles. The maximum atomic E-state index is 2.71. The second-order valence-corrected chi connectivity index (χ2v) is 31.7. The number of benzene rings is 15. The van der Waals surface area contributed by atoms with Crippen molar-refractivity contribution >= 4 is 122 Å². The molecule has 2 aliphatic rings. The first-order valence-corrected chi connectivity index (χ1v) is 36.5. The quantitative estimate of drug-likeness (QED) is 0.141. The summed E-state index contributed by atoms with van der Waals surface area (Å²) in [5.41, 5.74) is 30.1. The van der Waals surface area contributed by atoms with Crippen molar-refractivity contribution in [2.75, 3.05) is 9.80 Å². The number of rotatable bonds is 8. The number of para-hydroxylation sites is 2. The third-order valence-corrected chi connectivity index (χ3v) is 22.3. The summed E-state index contributed by atoms with van der Waals surface area (Å²) in [7, 11) is 0. The van der Waals surface area contributed by atoms with Crippen LogP contribution in [0.25, 0.3) is 121 Å². The van der Waals surface area contributed by atoms with Gasteiger partial charge in [-0.2, -0.15) is 0 Å². The lowest BCUT2D eigenvalue weighted by Crippen LogP contribution is -2.61. The Morgan fingerprint density at radius 1 is 0.243 bits per heavy atom. The summed E-state index contributed by atoms with van der Waals surface area (Å²) in [6, 6.07) is 120. The third-order valence-electron chi connectivity index (χ3n) is 22.3. The second kappa shape index (κ2) is 23.3. The highest BCUT2D eigenvalue weighted by atomic mass is 15.2. The maximum Gasteiger partial charge on any atom is 0.252 e. The van der Waals surface area contributed by atoms with E-state index in [0.717, 1.165) is 90.0 Å². The molecule has 5 heteroatoms. The van der Waals surface area contributed by atoms with E-state index in [2.05, 4.69) is 397 Å². The van der Waals surface area contributed by atoms with Crippen molar-refractivity contribution in [1.82, 2.24) is 9.13 Å². The Bertz CT molecular complexity index is 5810. The lowest BCUT2D eigenvalue weighted by Gasteiger charge is -2.46. The highest BCUT2D eigenvalue weighted by Gasteiger charge is 2.46. The molecule has 0 saturated carbocycles. The monoisotopic (exact) mass is 1320 g/mol. The van der Waals surface area contributed by atoms with Gasteiger partial charge in [-0.3, -0.25) is 0 Å². The lowest BCUT2D eigenvalue weighted by molar-refractivity contribution is 0.590. The minimum atomic E-state index is -0.319. The van der Waals surface area contributed by atoms with E-state index in [1.54, 1.807) is 0 Å². The van der Waals surface area contributed by atoms with Crippen molar-refractivity contribution < 1.29 is 0 Å². The van der Waals surface area contributed by atoms with Crippen LogP contribution in [0.15, 0.2) is 315 Å². The molecule has 4 heterocycles. The zero-order chi connectivity index (χ0) is 69.8. The number of nitrogens with zero attached hydrogens (tertiary/aromatic N) is 4. The first-order valence-electron chi connectivity index (χ1n) is 36.5. The minimum Gasteiger partial charge on any atom is -0.310 e. The molecule has 0 unspecified atom stereocenters. The van der Waals surface area contributed by atoms with Gasteiger partial charge in [0.15, 0.2) is 0 Å². The highest BCUT2D eigenvalue weighted by Crippen LogP contribution is 2.55. The molecular formula is C98H79BN4. The largest absolute Gasteiger partial charge is 0.310 e. The molecule has 0 aliphatic carbocycles. The van der Waals surface area contributed by atoms with Gasteiger partial charge in [-0.1, -0.05) is 293 Å². The number of hydrogen-bond acceptors (Lipinski definition) is 2. The molecule has 4 nitrogen and oxygen atoms in total. The molecule has 2 aromatic heterocycles. The summed E-state index contributed by atoms with van der Waals surface area (Å²) in [5, 5.41) is 9.89. The molecule has 0 N–H and O–H groups in total. The summed E-state index contributed by atoms with van der Waals surface area (Å²) in [4.78, 5) is 5.42. The number of anilines is 6. The van der Waals surface area contributed by atoms with E-state index in [9.17, 15) is 0 Å². The van der Waals surface area contributed by atoms with Gasteiger partial charge >= 0.3 is 0 Å². The SMILES string of the molecule is CC(C)(C)c1cc2c3c(c1)N(c1c(-c4ccccc4)cccc1-c1ccccc1)c1cc(-n4c5ccc(C(C)(C)C)cc5c5cc6ccccc6cc54)ccc1B3c1ccc(-n3c4ccc(C(C)(C)C)cc4c4cc5ccccc5cc43)cc1N2c1c(-c2ccccc2)cccc1-c1ccccc1. The van der Waals surface area contributed by atoms with Crippen molar-refractivity contribution in [3.05, 3.63) is 332 Å². The van der Waals surface area contributed by atoms with Gasteiger partial charge in [0.05, 0.1) is 33.4 Å². The van der Waals surface area contributed by atoms with Gasteiger partial charge in [0.2, 0.25) is 0 Å². The molecule has 0 atom stereocenters. The molecule has 17 aromatic rings. The zero-order valence-electron chi connectivity index (χ0n) is 59.9. The number of fused-ring (bicyclic) bond motifs is 12. The van der Waals surface area contributed by atoms with E-state index in [-0.39, 0.29) is 23.0 Å². The molecule has 0 fully saturated rings. The molecule has 0 spiro atoms. The van der Waals surface area contributed by atoms with E-state index >= 15 is 0 Å². The third kappa shape index (κ3) is 10.0. The smallest absolute Gasteiger partial charge is 0.252 e. The standard InChI is InChI=1S/C98H79BN4/c1-96(2,3)70-44-50-85-81(56-70)79-52-66-36-22-24-38-68(66)54-87(79)100(85)73-46-48-83-89(60-73)102(94-75(62-28-14-10-15-29-62)40-26-41-76(94)63-30-16-11-17-31-63)91-58-72(98(7,8)9)59-92-93(91)99(83)84-49-47-74(101-86-51-45-71(97(4,5)6)57-82(86)80-53-67-37-23-25-39-69(67)55-88(80)101)61-90(84)103(92)95-77(64-32-18-12-19-33-64)42-27-43-78(95)65-34-20-13-21-35-65/h10-61H,1-9H3. The van der Waals surface area contributed by atoms with Crippen molar-refractivity contribution in [2.24, 2.45) is 0 Å². The van der Waals surface area contributed by atoms with Crippen LogP contribution >= 0.6 is 0 Å². The summed E-state index contributed by atoms with van der Waals surface area (Å²) in [6.07, 6.45) is 0. The Morgan fingerprint density at radius 2 is 0.563 bits per heavy atom. The van der Waals surface area contributed by atoms with Crippen LogP contribution < -0.4 is 26.2 Å². The van der Waals surface area contributed by atoms with Gasteiger partial charge in [-0.25, -0.2) is 0 Å². The van der Waals surface area contributed by atoms with E-state index < -0.39 is 0 Å². The van der Waals surface area contributed by atoms with Crippen molar-refractivity contribution in [2.45, 2.75) is 78.6 Å². The summed E-state index contributed by atoms with van der Waals surface area (Å²) in [5.74, 6) is 0. The summed E-state index contributed by atoms with van der Waals surface area (Å²) in [6.45, 7) is 20.9. The molecule has 0 radical (unpaired) electrons. The maximum absolute atomic E-state index is 2.71. The van der Waals surface area contributed by atoms with Crippen LogP contribution in [-0.2, 0) is 16.2 Å². The van der Waals surface area contributed by atoms with Gasteiger partial charge in [0.1, 0.15) is 0 Å². The zero-order valence-corrected chi connectivity index (χ0v) is 59.9. The second-order valence-electron chi connectivity index (χ2n) is 31.7. The first kappa shape index (κ1) is 62.1. The van der Waals surface area contributed by atoms with Gasteiger partial charge in [0.25, 0.3) is 6.71 Å². The molecule has 0 saturated heterocycles. The van der Waals surface area contributed by atoms with Crippen LogP contribution in [0, 0.1) is 0 Å². The molecule has 19 rings (SSSR count). The predicted molar refractivity (Wildman–Crippen MR) is 442 cm³/mol. The summed E-state index contributed by atoms with van der Waals surface area (Å²) >= 11 is 0. The first-order chi connectivity index (χ1) is 50.0. The van der Waals surface area contributed by atoms with Gasteiger partial charge < -0.3 is 18.9 Å². The minimum absolute atomic E-state index is 0.0551. The predicted octanol–water partition coefficient (Wildman–Crippen LogP) is 24.8. The Labute approximate surface area is 604 Å². The normalized spacial score (nSPS) is 13.0. The Kier molecular flexibility index (Phi) is 14.1.